The van der Waals surface area contributed by atoms with Crippen LogP contribution in [-0.4, -0.2) is 22.9 Å². The molecule has 0 aliphatic heterocycles. The Morgan fingerprint density at radius 2 is 2.00 bits per heavy atom. The van der Waals surface area contributed by atoms with E-state index in [2.05, 4.69) is 18.3 Å². The van der Waals surface area contributed by atoms with Crippen molar-refractivity contribution < 1.29 is 10.2 Å². The summed E-state index contributed by atoms with van der Waals surface area (Å²) in [7, 11) is 0. The van der Waals surface area contributed by atoms with Crippen LogP contribution in [0.3, 0.4) is 0 Å². The summed E-state index contributed by atoms with van der Waals surface area (Å²) in [6, 6.07) is 12.1. The first-order chi connectivity index (χ1) is 10.1. The summed E-state index contributed by atoms with van der Waals surface area (Å²) in [5.74, 6) is 0.921. The molecule has 3 heteroatoms. The van der Waals surface area contributed by atoms with Gasteiger partial charge in [-0.05, 0) is 44.0 Å². The molecule has 3 nitrogen and oxygen atoms in total. The van der Waals surface area contributed by atoms with Crippen molar-refractivity contribution in [2.75, 3.05) is 6.54 Å². The first kappa shape index (κ1) is 14.4. The molecule has 3 atom stereocenters. The smallest absolute Gasteiger partial charge is 0.128 e. The molecule has 1 aliphatic carbocycles. The number of nitrogens with one attached hydrogen (secondary N) is 1. The molecule has 1 fully saturated rings. The quantitative estimate of drug-likeness (QED) is 0.807. The van der Waals surface area contributed by atoms with Gasteiger partial charge in [0.2, 0.25) is 0 Å². The third-order valence-electron chi connectivity index (χ3n) is 4.62. The number of aromatic hydroxyl groups is 1. The van der Waals surface area contributed by atoms with Gasteiger partial charge in [-0.2, -0.15) is 0 Å². The maximum absolute atomic E-state index is 10.5. The van der Waals surface area contributed by atoms with Crippen molar-refractivity contribution in [3.05, 3.63) is 42.0 Å². The summed E-state index contributed by atoms with van der Waals surface area (Å²) in [5.41, 5.74) is 0.937. The third-order valence-corrected chi connectivity index (χ3v) is 4.62. The van der Waals surface area contributed by atoms with Gasteiger partial charge in [0.25, 0.3) is 0 Å². The average Bonchev–Trinajstić information content (AvgIpc) is 2.91. The van der Waals surface area contributed by atoms with Gasteiger partial charge in [0.15, 0.2) is 0 Å². The van der Waals surface area contributed by atoms with Crippen molar-refractivity contribution in [1.29, 1.82) is 0 Å². The second-order valence-electron chi connectivity index (χ2n) is 6.19. The molecular formula is C18H23NO2. The Kier molecular flexibility index (Phi) is 4.13. The molecule has 2 aromatic carbocycles. The topological polar surface area (TPSA) is 52.5 Å². The third kappa shape index (κ3) is 3.04. The van der Waals surface area contributed by atoms with E-state index in [0.717, 1.165) is 42.1 Å². The van der Waals surface area contributed by atoms with Crippen LogP contribution in [0.2, 0.25) is 0 Å². The summed E-state index contributed by atoms with van der Waals surface area (Å²) in [6.07, 6.45) is 2.77. The van der Waals surface area contributed by atoms with Gasteiger partial charge in [0.1, 0.15) is 5.75 Å². The number of aliphatic hydroxyl groups excluding tert-OH is 1. The Balaban J connectivity index is 1.72. The van der Waals surface area contributed by atoms with Gasteiger partial charge in [0.05, 0.1) is 6.10 Å². The van der Waals surface area contributed by atoms with Gasteiger partial charge in [-0.25, -0.2) is 0 Å². The standard InChI is InChI=1S/C18H23NO2/c1-12(19-11-13-6-8-15(20)10-13)16-9-7-14-4-2-3-5-17(14)18(16)21/h2-5,7,9,12-13,15,19-21H,6,8,10-11H2,1H3. The molecule has 0 aromatic heterocycles. The van der Waals surface area contributed by atoms with E-state index in [1.807, 2.05) is 30.3 Å². The Bertz CT molecular complexity index is 626. The Morgan fingerprint density at radius 1 is 1.19 bits per heavy atom. The van der Waals surface area contributed by atoms with Gasteiger partial charge in [-0.1, -0.05) is 36.4 Å². The molecule has 21 heavy (non-hydrogen) atoms. The van der Waals surface area contributed by atoms with E-state index in [0.29, 0.717) is 11.7 Å². The lowest BCUT2D eigenvalue weighted by molar-refractivity contribution is 0.177. The molecule has 0 radical (unpaired) electrons. The van der Waals surface area contributed by atoms with E-state index in [1.54, 1.807) is 0 Å². The Labute approximate surface area is 125 Å². The summed E-state index contributed by atoms with van der Waals surface area (Å²) >= 11 is 0. The SMILES string of the molecule is CC(NCC1CCC(O)C1)c1ccc2ccccc2c1O. The zero-order valence-electron chi connectivity index (χ0n) is 12.4. The fourth-order valence-corrected chi connectivity index (χ4v) is 3.31. The van der Waals surface area contributed by atoms with Crippen LogP contribution in [-0.2, 0) is 0 Å². The van der Waals surface area contributed by atoms with Crippen molar-refractivity contribution in [2.45, 2.75) is 38.3 Å². The number of aliphatic hydroxyl groups is 1. The summed E-state index contributed by atoms with van der Waals surface area (Å²) < 4.78 is 0. The van der Waals surface area contributed by atoms with Gasteiger partial charge >= 0.3 is 0 Å². The van der Waals surface area contributed by atoms with Crippen molar-refractivity contribution in [3.63, 3.8) is 0 Å². The number of rotatable bonds is 4. The molecular weight excluding hydrogens is 262 g/mol. The minimum atomic E-state index is -0.124. The highest BCUT2D eigenvalue weighted by atomic mass is 16.3. The van der Waals surface area contributed by atoms with Gasteiger partial charge in [0, 0.05) is 17.0 Å². The zero-order valence-corrected chi connectivity index (χ0v) is 12.4. The van der Waals surface area contributed by atoms with E-state index in [-0.39, 0.29) is 12.1 Å². The predicted molar refractivity (Wildman–Crippen MR) is 85.4 cm³/mol. The van der Waals surface area contributed by atoms with Crippen LogP contribution in [0.25, 0.3) is 10.8 Å². The molecule has 0 spiro atoms. The lowest BCUT2D eigenvalue weighted by Gasteiger charge is -2.19. The number of fused-ring (bicyclic) bond motifs is 1. The average molecular weight is 285 g/mol. The minimum Gasteiger partial charge on any atom is -0.507 e. The monoisotopic (exact) mass is 285 g/mol. The second kappa shape index (κ2) is 6.04. The molecule has 0 saturated heterocycles. The van der Waals surface area contributed by atoms with E-state index in [1.165, 1.54) is 0 Å². The number of hydrogen-bond acceptors (Lipinski definition) is 3. The first-order valence-electron chi connectivity index (χ1n) is 7.77. The molecule has 3 unspecified atom stereocenters. The molecule has 1 aliphatic rings. The highest BCUT2D eigenvalue weighted by Crippen LogP contribution is 2.33. The predicted octanol–water partition coefficient (Wildman–Crippen LogP) is 3.36. The zero-order chi connectivity index (χ0) is 14.8. The maximum Gasteiger partial charge on any atom is 0.128 e. The first-order valence-corrected chi connectivity index (χ1v) is 7.77. The van der Waals surface area contributed by atoms with Crippen LogP contribution < -0.4 is 5.32 Å². The number of benzene rings is 2. The molecule has 0 heterocycles. The molecule has 3 N–H and O–H groups in total. The Morgan fingerprint density at radius 3 is 2.76 bits per heavy atom. The summed E-state index contributed by atoms with van der Waals surface area (Å²) in [4.78, 5) is 0. The largest absolute Gasteiger partial charge is 0.507 e. The van der Waals surface area contributed by atoms with E-state index in [4.69, 9.17) is 0 Å². The molecule has 0 bridgehead atoms. The van der Waals surface area contributed by atoms with Crippen molar-refractivity contribution in [1.82, 2.24) is 5.32 Å². The normalized spacial score (nSPS) is 23.5. The van der Waals surface area contributed by atoms with Crippen LogP contribution in [0.4, 0.5) is 0 Å². The minimum absolute atomic E-state index is 0.104. The van der Waals surface area contributed by atoms with Crippen LogP contribution >= 0.6 is 0 Å². The van der Waals surface area contributed by atoms with Crippen LogP contribution in [0.5, 0.6) is 5.75 Å². The summed E-state index contributed by atoms with van der Waals surface area (Å²) in [6.45, 7) is 2.97. The molecule has 0 amide bonds. The Hall–Kier alpha value is -1.58. The fraction of sp³-hybridized carbons (Fsp3) is 0.444. The van der Waals surface area contributed by atoms with Crippen LogP contribution in [0.15, 0.2) is 36.4 Å². The lowest BCUT2D eigenvalue weighted by atomic mass is 10.00. The molecule has 2 aromatic rings. The van der Waals surface area contributed by atoms with Crippen molar-refractivity contribution in [2.24, 2.45) is 5.92 Å². The highest BCUT2D eigenvalue weighted by Gasteiger charge is 2.23. The van der Waals surface area contributed by atoms with Crippen molar-refractivity contribution in [3.8, 4) is 5.75 Å². The van der Waals surface area contributed by atoms with Crippen LogP contribution in [0, 0.1) is 5.92 Å². The fourth-order valence-electron chi connectivity index (χ4n) is 3.31. The molecule has 112 valence electrons. The van der Waals surface area contributed by atoms with Crippen molar-refractivity contribution >= 4 is 10.8 Å². The van der Waals surface area contributed by atoms with Gasteiger partial charge in [-0.3, -0.25) is 0 Å². The lowest BCUT2D eigenvalue weighted by Crippen LogP contribution is -2.25. The molecule has 1 saturated carbocycles. The van der Waals surface area contributed by atoms with E-state index in [9.17, 15) is 10.2 Å². The van der Waals surface area contributed by atoms with Gasteiger partial charge in [-0.15, -0.1) is 0 Å². The van der Waals surface area contributed by atoms with E-state index >= 15 is 0 Å². The molecule has 3 rings (SSSR count). The highest BCUT2D eigenvalue weighted by molar-refractivity contribution is 5.89. The number of phenolic OH excluding ortho intramolecular Hbond substituents is 1. The van der Waals surface area contributed by atoms with Gasteiger partial charge < -0.3 is 15.5 Å². The summed E-state index contributed by atoms with van der Waals surface area (Å²) in [5, 5.41) is 25.5. The number of hydrogen-bond donors (Lipinski definition) is 3. The second-order valence-corrected chi connectivity index (χ2v) is 6.19. The van der Waals surface area contributed by atoms with Crippen LogP contribution in [0.1, 0.15) is 37.8 Å². The number of phenols is 1. The maximum atomic E-state index is 10.5. The van der Waals surface area contributed by atoms with E-state index < -0.39 is 0 Å².